The van der Waals surface area contributed by atoms with Gasteiger partial charge in [-0.3, -0.25) is 9.78 Å². The van der Waals surface area contributed by atoms with Crippen molar-refractivity contribution in [2.45, 2.75) is 32.3 Å². The standard InChI is InChI=1S/C21H19ClN2O3/c1-12-4-10-15(11-5-12)24-19(25)16-17(13-6-8-14(22)9-7-13)21(2,3)27-18(16)23-20(24)26/h4-11,17H,1-3H3,(H,23,26). The van der Waals surface area contributed by atoms with Crippen LogP contribution in [0.1, 0.15) is 36.5 Å². The Morgan fingerprint density at radius 3 is 2.30 bits per heavy atom. The Morgan fingerprint density at radius 1 is 1.04 bits per heavy atom. The number of benzene rings is 2. The average molecular weight is 383 g/mol. The first kappa shape index (κ1) is 17.6. The molecule has 0 amide bonds. The summed E-state index contributed by atoms with van der Waals surface area (Å²) in [5.41, 5.74) is 1.34. The van der Waals surface area contributed by atoms with Gasteiger partial charge in [0, 0.05) is 5.02 Å². The molecular weight excluding hydrogens is 364 g/mol. The lowest BCUT2D eigenvalue weighted by molar-refractivity contribution is 0.117. The molecule has 0 saturated heterocycles. The second-order valence-electron chi connectivity index (χ2n) is 7.34. The van der Waals surface area contributed by atoms with E-state index in [2.05, 4.69) is 4.98 Å². The topological polar surface area (TPSA) is 64.1 Å². The highest BCUT2D eigenvalue weighted by Crippen LogP contribution is 2.45. The van der Waals surface area contributed by atoms with Gasteiger partial charge in [-0.2, -0.15) is 0 Å². The molecule has 0 aliphatic carbocycles. The van der Waals surface area contributed by atoms with Gasteiger partial charge in [0.05, 0.1) is 17.2 Å². The van der Waals surface area contributed by atoms with Crippen LogP contribution < -0.4 is 16.0 Å². The highest BCUT2D eigenvalue weighted by Gasteiger charge is 2.45. The lowest BCUT2D eigenvalue weighted by atomic mass is 9.82. The summed E-state index contributed by atoms with van der Waals surface area (Å²) < 4.78 is 7.12. The van der Waals surface area contributed by atoms with Crippen LogP contribution in [-0.4, -0.2) is 15.2 Å². The SMILES string of the molecule is Cc1ccc(-n2c(=O)[nH]c3c(c2=O)C(c2ccc(Cl)cc2)C(C)(C)O3)cc1. The third kappa shape index (κ3) is 2.88. The summed E-state index contributed by atoms with van der Waals surface area (Å²) in [5.74, 6) is -0.0934. The van der Waals surface area contributed by atoms with Crippen molar-refractivity contribution in [1.29, 1.82) is 0 Å². The van der Waals surface area contributed by atoms with Crippen LogP contribution in [0.2, 0.25) is 5.02 Å². The molecule has 0 fully saturated rings. The summed E-state index contributed by atoms with van der Waals surface area (Å²) in [7, 11) is 0. The van der Waals surface area contributed by atoms with E-state index in [4.69, 9.17) is 16.3 Å². The van der Waals surface area contributed by atoms with Crippen molar-refractivity contribution in [3.05, 3.63) is 91.1 Å². The molecule has 0 saturated carbocycles. The van der Waals surface area contributed by atoms with Crippen LogP contribution in [0.4, 0.5) is 0 Å². The molecule has 1 aliphatic heterocycles. The molecule has 2 heterocycles. The number of fused-ring (bicyclic) bond motifs is 1. The van der Waals surface area contributed by atoms with E-state index in [1.54, 1.807) is 24.3 Å². The Hall–Kier alpha value is -2.79. The molecule has 1 N–H and O–H groups in total. The molecule has 5 nitrogen and oxygen atoms in total. The van der Waals surface area contributed by atoms with E-state index in [1.165, 1.54) is 0 Å². The van der Waals surface area contributed by atoms with Gasteiger partial charge in [0.2, 0.25) is 5.88 Å². The van der Waals surface area contributed by atoms with Crippen LogP contribution in [-0.2, 0) is 0 Å². The Morgan fingerprint density at radius 2 is 1.67 bits per heavy atom. The molecule has 138 valence electrons. The summed E-state index contributed by atoms with van der Waals surface area (Å²) in [5, 5.41) is 0.620. The molecule has 3 aromatic rings. The summed E-state index contributed by atoms with van der Waals surface area (Å²) >= 11 is 6.02. The van der Waals surface area contributed by atoms with E-state index >= 15 is 0 Å². The number of rotatable bonds is 2. The molecule has 1 unspecified atom stereocenters. The van der Waals surface area contributed by atoms with E-state index in [0.717, 1.165) is 15.7 Å². The first-order valence-electron chi connectivity index (χ1n) is 8.69. The number of nitrogens with zero attached hydrogens (tertiary/aromatic N) is 1. The number of halogens is 1. The monoisotopic (exact) mass is 382 g/mol. The van der Waals surface area contributed by atoms with Gasteiger partial charge >= 0.3 is 5.69 Å². The first-order valence-corrected chi connectivity index (χ1v) is 9.06. The van der Waals surface area contributed by atoms with Gasteiger partial charge in [-0.15, -0.1) is 0 Å². The number of nitrogens with one attached hydrogen (secondary N) is 1. The highest BCUT2D eigenvalue weighted by molar-refractivity contribution is 6.30. The molecule has 0 spiro atoms. The first-order chi connectivity index (χ1) is 12.8. The van der Waals surface area contributed by atoms with Gasteiger partial charge in [0.15, 0.2) is 0 Å². The van der Waals surface area contributed by atoms with Crippen LogP contribution in [0.15, 0.2) is 58.1 Å². The van der Waals surface area contributed by atoms with Gasteiger partial charge in [0.25, 0.3) is 5.56 Å². The zero-order chi connectivity index (χ0) is 19.3. The number of H-pyrrole nitrogens is 1. The Labute approximate surface area is 161 Å². The molecule has 6 heteroatoms. The molecular formula is C21H19ClN2O3. The number of ether oxygens (including phenoxy) is 1. The number of aryl methyl sites for hydroxylation is 1. The largest absolute Gasteiger partial charge is 0.471 e. The molecule has 27 heavy (non-hydrogen) atoms. The third-order valence-electron chi connectivity index (χ3n) is 4.95. The summed E-state index contributed by atoms with van der Waals surface area (Å²) in [4.78, 5) is 28.7. The molecule has 1 aliphatic rings. The molecule has 0 radical (unpaired) electrons. The lowest BCUT2D eigenvalue weighted by Crippen LogP contribution is -2.36. The van der Waals surface area contributed by atoms with Gasteiger partial charge < -0.3 is 4.74 Å². The number of aromatic amines is 1. The predicted molar refractivity (Wildman–Crippen MR) is 105 cm³/mol. The lowest BCUT2D eigenvalue weighted by Gasteiger charge is -2.26. The van der Waals surface area contributed by atoms with Crippen molar-refractivity contribution in [2.24, 2.45) is 0 Å². The molecule has 4 rings (SSSR count). The fourth-order valence-corrected chi connectivity index (χ4v) is 3.81. The van der Waals surface area contributed by atoms with E-state index in [1.807, 2.05) is 45.0 Å². The van der Waals surface area contributed by atoms with Crippen molar-refractivity contribution in [3.63, 3.8) is 0 Å². The predicted octanol–water partition coefficient (Wildman–Crippen LogP) is 3.79. The number of hydrogen-bond donors (Lipinski definition) is 1. The van der Waals surface area contributed by atoms with Crippen LogP contribution in [0.25, 0.3) is 5.69 Å². The zero-order valence-corrected chi connectivity index (χ0v) is 16.0. The minimum absolute atomic E-state index is 0.235. The fraction of sp³-hybridized carbons (Fsp3) is 0.238. The van der Waals surface area contributed by atoms with E-state index in [9.17, 15) is 9.59 Å². The average Bonchev–Trinajstić information content (AvgIpc) is 2.87. The van der Waals surface area contributed by atoms with Crippen molar-refractivity contribution in [3.8, 4) is 11.6 Å². The molecule has 0 bridgehead atoms. The maximum atomic E-state index is 13.3. The highest BCUT2D eigenvalue weighted by atomic mass is 35.5. The molecule has 1 atom stereocenters. The summed E-state index contributed by atoms with van der Waals surface area (Å²) in [6, 6.07) is 14.6. The van der Waals surface area contributed by atoms with E-state index in [0.29, 0.717) is 16.3 Å². The number of aromatic nitrogens is 2. The van der Waals surface area contributed by atoms with Crippen molar-refractivity contribution in [2.75, 3.05) is 0 Å². The maximum absolute atomic E-state index is 13.3. The Kier molecular flexibility index (Phi) is 4.00. The van der Waals surface area contributed by atoms with Gasteiger partial charge in [-0.1, -0.05) is 41.4 Å². The smallest absolute Gasteiger partial charge is 0.335 e. The minimum atomic E-state index is -0.690. The minimum Gasteiger partial charge on any atom is -0.471 e. The molecule has 1 aromatic heterocycles. The van der Waals surface area contributed by atoms with Crippen LogP contribution in [0, 0.1) is 6.92 Å². The van der Waals surface area contributed by atoms with Crippen molar-refractivity contribution >= 4 is 11.6 Å². The van der Waals surface area contributed by atoms with E-state index < -0.39 is 11.3 Å². The second-order valence-corrected chi connectivity index (χ2v) is 7.78. The third-order valence-corrected chi connectivity index (χ3v) is 5.20. The summed E-state index contributed by atoms with van der Waals surface area (Å²) in [6.07, 6.45) is 0. The van der Waals surface area contributed by atoms with E-state index in [-0.39, 0.29) is 17.4 Å². The van der Waals surface area contributed by atoms with Crippen molar-refractivity contribution < 1.29 is 4.74 Å². The van der Waals surface area contributed by atoms with Gasteiger partial charge in [-0.25, -0.2) is 9.36 Å². The zero-order valence-electron chi connectivity index (χ0n) is 15.2. The Bertz CT molecular complexity index is 1130. The maximum Gasteiger partial charge on any atom is 0.335 e. The number of hydrogen-bond acceptors (Lipinski definition) is 3. The summed E-state index contributed by atoms with van der Waals surface area (Å²) in [6.45, 7) is 5.76. The second kappa shape index (κ2) is 6.13. The van der Waals surface area contributed by atoms with Crippen LogP contribution in [0.5, 0.6) is 5.88 Å². The van der Waals surface area contributed by atoms with Gasteiger partial charge in [0.1, 0.15) is 5.60 Å². The fourth-order valence-electron chi connectivity index (χ4n) is 3.69. The van der Waals surface area contributed by atoms with Crippen LogP contribution >= 0.6 is 11.6 Å². The molecule has 2 aromatic carbocycles. The van der Waals surface area contributed by atoms with Crippen LogP contribution in [0.3, 0.4) is 0 Å². The Balaban J connectivity index is 1.97. The normalized spacial score (nSPS) is 17.4. The van der Waals surface area contributed by atoms with Gasteiger partial charge in [-0.05, 0) is 50.6 Å². The van der Waals surface area contributed by atoms with Crippen molar-refractivity contribution in [1.82, 2.24) is 9.55 Å². The quantitative estimate of drug-likeness (QED) is 0.733.